The molecule has 0 fully saturated rings. The molecule has 4 aromatic carbocycles. The van der Waals surface area contributed by atoms with Crippen LogP contribution in [0.5, 0.6) is 23.0 Å². The lowest BCUT2D eigenvalue weighted by molar-refractivity contribution is 0.103. The van der Waals surface area contributed by atoms with Crippen LogP contribution in [-0.4, -0.2) is 17.9 Å². The number of ether oxygens (including phenoxy) is 2. The van der Waals surface area contributed by atoms with Crippen LogP contribution < -0.4 is 9.47 Å². The predicted octanol–water partition coefficient (Wildman–Crippen LogP) is 6.44. The van der Waals surface area contributed by atoms with Crippen molar-refractivity contribution in [2.45, 2.75) is 0 Å². The van der Waals surface area contributed by atoms with Gasteiger partial charge in [0.2, 0.25) is 12.2 Å². The van der Waals surface area contributed by atoms with E-state index in [0.717, 1.165) is 0 Å². The normalized spacial score (nSPS) is 9.88. The molecule has 7 nitrogen and oxygen atoms in total. The Morgan fingerprint density at radius 2 is 1.15 bits per heavy atom. The van der Waals surface area contributed by atoms with Crippen molar-refractivity contribution < 1.29 is 23.9 Å². The highest BCUT2D eigenvalue weighted by Crippen LogP contribution is 2.33. The number of isocyanates is 2. The summed E-state index contributed by atoms with van der Waals surface area (Å²) in [4.78, 5) is 41.2. The standard InChI is InChI=1S/C27H16N2O5/c30-17-28-20-6-10-22(11-7-20)33-24-14-15-26(34-23-12-8-21(9-13-23)29-18-31)25(16-24)27(32)19-4-2-1-3-5-19/h1-16H. The number of benzene rings is 4. The van der Waals surface area contributed by atoms with Gasteiger partial charge in [0.25, 0.3) is 0 Å². The molecule has 0 amide bonds. The van der Waals surface area contributed by atoms with E-state index in [-0.39, 0.29) is 5.78 Å². The first-order chi connectivity index (χ1) is 16.7. The minimum absolute atomic E-state index is 0.237. The highest BCUT2D eigenvalue weighted by Gasteiger charge is 2.17. The monoisotopic (exact) mass is 448 g/mol. The molecule has 0 bridgehead atoms. The summed E-state index contributed by atoms with van der Waals surface area (Å²) in [5.74, 6) is 1.49. The summed E-state index contributed by atoms with van der Waals surface area (Å²) >= 11 is 0. The summed E-state index contributed by atoms with van der Waals surface area (Å²) in [7, 11) is 0. The van der Waals surface area contributed by atoms with Gasteiger partial charge in [-0.15, -0.1) is 0 Å². The van der Waals surface area contributed by atoms with Gasteiger partial charge in [-0.3, -0.25) is 4.79 Å². The minimum atomic E-state index is -0.237. The maximum Gasteiger partial charge on any atom is 0.240 e. The number of hydrogen-bond donors (Lipinski definition) is 0. The lowest BCUT2D eigenvalue weighted by Gasteiger charge is -2.13. The van der Waals surface area contributed by atoms with E-state index < -0.39 is 0 Å². The number of carbonyl (C=O) groups excluding carboxylic acids is 3. The SMILES string of the molecule is O=C=Nc1ccc(Oc2ccc(Oc3ccc(N=C=O)cc3)c(C(=O)c3ccccc3)c2)cc1. The van der Waals surface area contributed by atoms with Crippen molar-refractivity contribution in [1.29, 1.82) is 0 Å². The summed E-state index contributed by atoms with van der Waals surface area (Å²) in [6.45, 7) is 0. The summed E-state index contributed by atoms with van der Waals surface area (Å²) in [5.41, 5.74) is 1.70. The van der Waals surface area contributed by atoms with Crippen LogP contribution in [0.1, 0.15) is 15.9 Å². The topological polar surface area (TPSA) is 94.4 Å². The zero-order valence-corrected chi connectivity index (χ0v) is 17.7. The second-order valence-electron chi connectivity index (χ2n) is 6.95. The lowest BCUT2D eigenvalue weighted by Crippen LogP contribution is -2.04. The molecule has 0 aliphatic carbocycles. The van der Waals surface area contributed by atoms with Crippen molar-refractivity contribution in [1.82, 2.24) is 0 Å². The molecule has 0 atom stereocenters. The first-order valence-corrected chi connectivity index (χ1v) is 10.1. The Bertz CT molecular complexity index is 1400. The van der Waals surface area contributed by atoms with Gasteiger partial charge in [-0.05, 0) is 66.7 Å². The fourth-order valence-corrected chi connectivity index (χ4v) is 3.13. The highest BCUT2D eigenvalue weighted by molar-refractivity contribution is 6.11. The zero-order chi connectivity index (χ0) is 23.8. The van der Waals surface area contributed by atoms with Crippen LogP contribution in [0.3, 0.4) is 0 Å². The molecule has 0 heterocycles. The Morgan fingerprint density at radius 3 is 1.71 bits per heavy atom. The smallest absolute Gasteiger partial charge is 0.240 e. The predicted molar refractivity (Wildman–Crippen MR) is 125 cm³/mol. The van der Waals surface area contributed by atoms with Crippen LogP contribution in [-0.2, 0) is 9.59 Å². The molecule has 0 saturated carbocycles. The van der Waals surface area contributed by atoms with E-state index in [0.29, 0.717) is 45.5 Å². The van der Waals surface area contributed by atoms with Crippen LogP contribution in [0.25, 0.3) is 0 Å². The highest BCUT2D eigenvalue weighted by atomic mass is 16.5. The molecule has 0 N–H and O–H groups in total. The van der Waals surface area contributed by atoms with Gasteiger partial charge in [-0.2, -0.15) is 9.98 Å². The van der Waals surface area contributed by atoms with Crippen LogP contribution in [0.4, 0.5) is 11.4 Å². The van der Waals surface area contributed by atoms with Gasteiger partial charge in [-0.1, -0.05) is 30.3 Å². The maximum absolute atomic E-state index is 13.3. The van der Waals surface area contributed by atoms with Crippen molar-refractivity contribution in [3.63, 3.8) is 0 Å². The van der Waals surface area contributed by atoms with E-state index in [1.807, 2.05) is 6.07 Å². The largest absolute Gasteiger partial charge is 0.457 e. The van der Waals surface area contributed by atoms with E-state index in [1.165, 1.54) is 12.2 Å². The minimum Gasteiger partial charge on any atom is -0.457 e. The number of nitrogens with zero attached hydrogens (tertiary/aromatic N) is 2. The Kier molecular flexibility index (Phi) is 6.82. The van der Waals surface area contributed by atoms with Gasteiger partial charge in [0.05, 0.1) is 16.9 Å². The average Bonchev–Trinajstić information content (AvgIpc) is 2.88. The van der Waals surface area contributed by atoms with Crippen LogP contribution in [0.15, 0.2) is 107 Å². The van der Waals surface area contributed by atoms with Crippen LogP contribution in [0, 0.1) is 0 Å². The Hall–Kier alpha value is -5.09. The quantitative estimate of drug-likeness (QED) is 0.176. The molecule has 0 radical (unpaired) electrons. The third-order valence-corrected chi connectivity index (χ3v) is 4.72. The summed E-state index contributed by atoms with van der Waals surface area (Å²) in [6, 6.07) is 26.8. The summed E-state index contributed by atoms with van der Waals surface area (Å²) in [5, 5.41) is 0. The second-order valence-corrected chi connectivity index (χ2v) is 6.95. The van der Waals surface area contributed by atoms with E-state index in [9.17, 15) is 14.4 Å². The zero-order valence-electron chi connectivity index (χ0n) is 17.7. The molecule has 7 heteroatoms. The maximum atomic E-state index is 13.3. The van der Waals surface area contributed by atoms with Gasteiger partial charge in [-0.25, -0.2) is 9.59 Å². The number of carbonyl (C=O) groups is 1. The van der Waals surface area contributed by atoms with E-state index in [2.05, 4.69) is 9.98 Å². The number of ketones is 1. The summed E-state index contributed by atoms with van der Waals surface area (Å²) < 4.78 is 11.9. The van der Waals surface area contributed by atoms with Crippen molar-refractivity contribution in [3.8, 4) is 23.0 Å². The Morgan fingerprint density at radius 1 is 0.618 bits per heavy atom. The van der Waals surface area contributed by atoms with E-state index in [1.54, 1.807) is 91.0 Å². The Labute approximate surface area is 194 Å². The van der Waals surface area contributed by atoms with Crippen molar-refractivity contribution in [3.05, 3.63) is 108 Å². The molecule has 0 unspecified atom stereocenters. The first kappa shape index (κ1) is 22.1. The molecular weight excluding hydrogens is 432 g/mol. The molecule has 0 aliphatic rings. The van der Waals surface area contributed by atoms with Gasteiger partial charge >= 0.3 is 0 Å². The van der Waals surface area contributed by atoms with Crippen molar-refractivity contribution in [2.75, 3.05) is 0 Å². The van der Waals surface area contributed by atoms with E-state index in [4.69, 9.17) is 9.47 Å². The van der Waals surface area contributed by atoms with Gasteiger partial charge < -0.3 is 9.47 Å². The number of hydrogen-bond acceptors (Lipinski definition) is 7. The molecule has 4 rings (SSSR count). The fourth-order valence-electron chi connectivity index (χ4n) is 3.13. The first-order valence-electron chi connectivity index (χ1n) is 10.1. The molecule has 4 aromatic rings. The molecular formula is C27H16N2O5. The third kappa shape index (κ3) is 5.39. The summed E-state index contributed by atoms with van der Waals surface area (Å²) in [6.07, 6.45) is 2.97. The van der Waals surface area contributed by atoms with Gasteiger partial charge in [0.15, 0.2) is 5.78 Å². The third-order valence-electron chi connectivity index (χ3n) is 4.72. The molecule has 0 spiro atoms. The molecule has 0 aliphatic heterocycles. The molecule has 0 aromatic heterocycles. The number of aliphatic imine (C=N–C) groups is 2. The average molecular weight is 448 g/mol. The second kappa shape index (κ2) is 10.5. The van der Waals surface area contributed by atoms with Crippen molar-refractivity contribution in [2.24, 2.45) is 9.98 Å². The van der Waals surface area contributed by atoms with Crippen LogP contribution >= 0.6 is 0 Å². The van der Waals surface area contributed by atoms with Gasteiger partial charge in [0, 0.05) is 5.56 Å². The van der Waals surface area contributed by atoms with Gasteiger partial charge in [0.1, 0.15) is 23.0 Å². The van der Waals surface area contributed by atoms with E-state index >= 15 is 0 Å². The molecule has 0 saturated heterocycles. The number of rotatable bonds is 8. The van der Waals surface area contributed by atoms with Crippen molar-refractivity contribution >= 4 is 29.3 Å². The molecule has 34 heavy (non-hydrogen) atoms. The van der Waals surface area contributed by atoms with Crippen LogP contribution in [0.2, 0.25) is 0 Å². The Balaban J connectivity index is 1.66. The molecule has 164 valence electrons. The fraction of sp³-hybridized carbons (Fsp3) is 0. The lowest BCUT2D eigenvalue weighted by atomic mass is 10.0.